The summed E-state index contributed by atoms with van der Waals surface area (Å²) in [6.45, 7) is 5.44. The largest absolute Gasteiger partial charge is 0.439 e. The maximum absolute atomic E-state index is 12.6. The van der Waals surface area contributed by atoms with Gasteiger partial charge in [0, 0.05) is 28.3 Å². The first-order chi connectivity index (χ1) is 15.1. The molecule has 0 bridgehead atoms. The van der Waals surface area contributed by atoms with E-state index in [1.165, 1.54) is 12.3 Å². The molecule has 0 atom stereocenters. The minimum Gasteiger partial charge on any atom is -0.439 e. The van der Waals surface area contributed by atoms with Gasteiger partial charge in [-0.05, 0) is 42.5 Å². The zero-order valence-electron chi connectivity index (χ0n) is 18.0. The van der Waals surface area contributed by atoms with Crippen molar-refractivity contribution in [2.75, 3.05) is 10.6 Å². The smallest absolute Gasteiger partial charge is 0.255 e. The van der Waals surface area contributed by atoms with Crippen LogP contribution >= 0.6 is 0 Å². The first-order valence-electron chi connectivity index (χ1n) is 9.88. The van der Waals surface area contributed by atoms with Crippen molar-refractivity contribution >= 4 is 29.1 Å². The first kappa shape index (κ1) is 22.5. The quantitative estimate of drug-likeness (QED) is 0.538. The van der Waals surface area contributed by atoms with Crippen molar-refractivity contribution in [1.29, 1.82) is 0 Å². The third-order valence-corrected chi connectivity index (χ3v) is 4.40. The zero-order valence-corrected chi connectivity index (χ0v) is 18.0. The molecule has 8 heteroatoms. The van der Waals surface area contributed by atoms with Gasteiger partial charge in [0.2, 0.25) is 17.7 Å². The summed E-state index contributed by atoms with van der Waals surface area (Å²) >= 11 is 0. The standard InChI is InChI=1S/C24H24N4O4/c1-24(2,3)23(31)28-17-8-4-7-16(12-17)22(30)27-18-10-11-20(26-14-18)32-19-9-5-6-15(13-19)21(25)29/h4-14H,1-3H3,(H2,25,29)(H,27,30)(H,28,31). The molecule has 4 N–H and O–H groups in total. The van der Waals surface area contributed by atoms with Gasteiger partial charge in [0.1, 0.15) is 5.75 Å². The Morgan fingerprint density at radius 3 is 2.25 bits per heavy atom. The molecule has 0 saturated heterocycles. The SMILES string of the molecule is CC(C)(C)C(=O)Nc1cccc(C(=O)Nc2ccc(Oc3cccc(C(N)=O)c3)nc2)c1. The van der Waals surface area contributed by atoms with Gasteiger partial charge in [-0.1, -0.05) is 32.9 Å². The lowest BCUT2D eigenvalue weighted by Gasteiger charge is -2.18. The second kappa shape index (κ2) is 9.30. The molecule has 0 aliphatic heterocycles. The number of pyridine rings is 1. The number of nitrogens with one attached hydrogen (secondary N) is 2. The van der Waals surface area contributed by atoms with Crippen molar-refractivity contribution in [3.05, 3.63) is 78.0 Å². The highest BCUT2D eigenvalue weighted by atomic mass is 16.5. The number of nitrogens with zero attached hydrogens (tertiary/aromatic N) is 1. The monoisotopic (exact) mass is 432 g/mol. The molecule has 0 saturated carbocycles. The van der Waals surface area contributed by atoms with E-state index < -0.39 is 11.3 Å². The van der Waals surface area contributed by atoms with Crippen LogP contribution < -0.4 is 21.1 Å². The van der Waals surface area contributed by atoms with Crippen molar-refractivity contribution in [3.8, 4) is 11.6 Å². The average molecular weight is 432 g/mol. The number of primary amides is 1. The zero-order chi connectivity index (χ0) is 23.3. The topological polar surface area (TPSA) is 123 Å². The molecule has 0 aliphatic rings. The summed E-state index contributed by atoms with van der Waals surface area (Å²) in [7, 11) is 0. The molecule has 0 aliphatic carbocycles. The third kappa shape index (κ3) is 5.91. The first-order valence-corrected chi connectivity index (χ1v) is 9.88. The van der Waals surface area contributed by atoms with Gasteiger partial charge in [-0.3, -0.25) is 14.4 Å². The molecule has 0 unspecified atom stereocenters. The normalized spacial score (nSPS) is 10.8. The predicted octanol–water partition coefficient (Wildman–Crippen LogP) is 4.21. The van der Waals surface area contributed by atoms with Crippen LogP contribution in [-0.4, -0.2) is 22.7 Å². The number of nitrogens with two attached hydrogens (primary N) is 1. The number of anilines is 2. The van der Waals surface area contributed by atoms with E-state index in [1.807, 2.05) is 20.8 Å². The number of aromatic nitrogens is 1. The number of amides is 3. The molecule has 0 spiro atoms. The summed E-state index contributed by atoms with van der Waals surface area (Å²) in [6.07, 6.45) is 1.45. The summed E-state index contributed by atoms with van der Waals surface area (Å²) in [4.78, 5) is 40.2. The summed E-state index contributed by atoms with van der Waals surface area (Å²) in [5.74, 6) is -0.336. The van der Waals surface area contributed by atoms with E-state index in [9.17, 15) is 14.4 Å². The van der Waals surface area contributed by atoms with Crippen LogP contribution in [0.15, 0.2) is 66.9 Å². The average Bonchev–Trinajstić information content (AvgIpc) is 2.75. The molecule has 8 nitrogen and oxygen atoms in total. The molecular weight excluding hydrogens is 408 g/mol. The lowest BCUT2D eigenvalue weighted by atomic mass is 9.95. The number of hydrogen-bond donors (Lipinski definition) is 3. The Balaban J connectivity index is 1.65. The van der Waals surface area contributed by atoms with Crippen LogP contribution in [0.2, 0.25) is 0 Å². The lowest BCUT2D eigenvalue weighted by molar-refractivity contribution is -0.123. The van der Waals surface area contributed by atoms with E-state index in [0.29, 0.717) is 28.3 Å². The van der Waals surface area contributed by atoms with Crippen LogP contribution in [0.5, 0.6) is 11.6 Å². The summed E-state index contributed by atoms with van der Waals surface area (Å²) in [5, 5.41) is 5.56. The number of benzene rings is 2. The highest BCUT2D eigenvalue weighted by Gasteiger charge is 2.21. The number of carbonyl (C=O) groups is 3. The van der Waals surface area contributed by atoms with Crippen molar-refractivity contribution in [1.82, 2.24) is 4.98 Å². The summed E-state index contributed by atoms with van der Waals surface area (Å²) in [6, 6.07) is 16.3. The van der Waals surface area contributed by atoms with Gasteiger partial charge >= 0.3 is 0 Å². The van der Waals surface area contributed by atoms with Gasteiger partial charge in [-0.25, -0.2) is 4.98 Å². The predicted molar refractivity (Wildman–Crippen MR) is 122 cm³/mol. The molecule has 1 heterocycles. The van der Waals surface area contributed by atoms with Crippen LogP contribution in [0.4, 0.5) is 11.4 Å². The van der Waals surface area contributed by atoms with E-state index in [2.05, 4.69) is 15.6 Å². The van der Waals surface area contributed by atoms with Gasteiger partial charge in [0.15, 0.2) is 0 Å². The van der Waals surface area contributed by atoms with Crippen LogP contribution in [-0.2, 0) is 4.79 Å². The Labute approximate surface area is 185 Å². The molecule has 0 fully saturated rings. The molecule has 1 aromatic heterocycles. The third-order valence-electron chi connectivity index (χ3n) is 4.40. The van der Waals surface area contributed by atoms with Gasteiger partial charge < -0.3 is 21.1 Å². The number of hydrogen-bond acceptors (Lipinski definition) is 5. The fourth-order valence-electron chi connectivity index (χ4n) is 2.61. The number of ether oxygens (including phenoxy) is 1. The highest BCUT2D eigenvalue weighted by molar-refractivity contribution is 6.05. The highest BCUT2D eigenvalue weighted by Crippen LogP contribution is 2.22. The second-order valence-electron chi connectivity index (χ2n) is 8.12. The van der Waals surface area contributed by atoms with E-state index in [4.69, 9.17) is 10.5 Å². The summed E-state index contributed by atoms with van der Waals surface area (Å²) < 4.78 is 5.62. The van der Waals surface area contributed by atoms with Crippen LogP contribution in [0.1, 0.15) is 41.5 Å². The van der Waals surface area contributed by atoms with Crippen LogP contribution in [0.3, 0.4) is 0 Å². The van der Waals surface area contributed by atoms with E-state index in [1.54, 1.807) is 54.6 Å². The van der Waals surface area contributed by atoms with Gasteiger partial charge in [0.25, 0.3) is 5.91 Å². The van der Waals surface area contributed by atoms with E-state index in [-0.39, 0.29) is 17.7 Å². The van der Waals surface area contributed by atoms with Crippen LogP contribution in [0.25, 0.3) is 0 Å². The lowest BCUT2D eigenvalue weighted by Crippen LogP contribution is -2.27. The fraction of sp³-hybridized carbons (Fsp3) is 0.167. The second-order valence-corrected chi connectivity index (χ2v) is 8.12. The molecule has 3 rings (SSSR count). The van der Waals surface area contributed by atoms with Crippen molar-refractivity contribution in [2.45, 2.75) is 20.8 Å². The summed E-state index contributed by atoms with van der Waals surface area (Å²) in [5.41, 5.74) is 6.45. The Morgan fingerprint density at radius 1 is 0.875 bits per heavy atom. The Bertz CT molecular complexity index is 1150. The molecule has 2 aromatic carbocycles. The van der Waals surface area contributed by atoms with E-state index >= 15 is 0 Å². The maximum Gasteiger partial charge on any atom is 0.255 e. The Morgan fingerprint density at radius 2 is 1.59 bits per heavy atom. The maximum atomic E-state index is 12.6. The number of rotatable bonds is 6. The van der Waals surface area contributed by atoms with Crippen molar-refractivity contribution in [2.24, 2.45) is 11.1 Å². The minimum atomic E-state index is -0.552. The Kier molecular flexibility index (Phi) is 6.53. The molecule has 3 aromatic rings. The molecular formula is C24H24N4O4. The molecule has 0 radical (unpaired) electrons. The molecule has 164 valence electrons. The Hall–Kier alpha value is -4.20. The van der Waals surface area contributed by atoms with Gasteiger partial charge in [0.05, 0.1) is 11.9 Å². The minimum absolute atomic E-state index is 0.142. The molecule has 32 heavy (non-hydrogen) atoms. The molecule has 3 amide bonds. The fourth-order valence-corrected chi connectivity index (χ4v) is 2.61. The van der Waals surface area contributed by atoms with Gasteiger partial charge in [-0.15, -0.1) is 0 Å². The van der Waals surface area contributed by atoms with E-state index in [0.717, 1.165) is 0 Å². The van der Waals surface area contributed by atoms with Crippen LogP contribution in [0, 0.1) is 5.41 Å². The van der Waals surface area contributed by atoms with Crippen molar-refractivity contribution in [3.63, 3.8) is 0 Å². The van der Waals surface area contributed by atoms with Crippen molar-refractivity contribution < 1.29 is 19.1 Å². The number of carbonyl (C=O) groups excluding carboxylic acids is 3. The van der Waals surface area contributed by atoms with Gasteiger partial charge in [-0.2, -0.15) is 0 Å².